The Hall–Kier alpha value is -2.93. The highest BCUT2D eigenvalue weighted by Crippen LogP contribution is 2.32. The van der Waals surface area contributed by atoms with Gasteiger partial charge in [-0.25, -0.2) is 9.37 Å². The van der Waals surface area contributed by atoms with Crippen molar-refractivity contribution >= 4 is 23.0 Å². The van der Waals surface area contributed by atoms with E-state index in [2.05, 4.69) is 10.3 Å². The largest absolute Gasteiger partial charge is 0.370 e. The van der Waals surface area contributed by atoms with Gasteiger partial charge in [0, 0.05) is 31.6 Å². The van der Waals surface area contributed by atoms with Gasteiger partial charge in [0.15, 0.2) is 0 Å². The number of nitro groups is 1. The number of hydrogen-bond acceptors (Lipinski definition) is 4. The summed E-state index contributed by atoms with van der Waals surface area (Å²) >= 11 is 6.18. The second kappa shape index (κ2) is 6.90. The number of non-ortho nitro benzene ring substituents is 1. The zero-order valence-electron chi connectivity index (χ0n) is 13.2. The lowest BCUT2D eigenvalue weighted by Gasteiger charge is -2.21. The summed E-state index contributed by atoms with van der Waals surface area (Å²) in [5.74, 6) is 0.358. The van der Waals surface area contributed by atoms with Crippen molar-refractivity contribution in [2.24, 2.45) is 7.05 Å². The second-order valence-electron chi connectivity index (χ2n) is 5.45. The van der Waals surface area contributed by atoms with Crippen LogP contribution < -0.4 is 5.32 Å². The van der Waals surface area contributed by atoms with E-state index >= 15 is 0 Å². The quantitative estimate of drug-likeness (QED) is 0.543. The molecule has 0 aliphatic heterocycles. The molecule has 128 valence electrons. The summed E-state index contributed by atoms with van der Waals surface area (Å²) in [7, 11) is 1.85. The fraction of sp³-hybridized carbons (Fsp3) is 0.118. The number of aryl methyl sites for hydroxylation is 1. The smallest absolute Gasteiger partial charge is 0.271 e. The average Bonchev–Trinajstić information content (AvgIpc) is 3.00. The summed E-state index contributed by atoms with van der Waals surface area (Å²) in [5, 5.41) is 14.3. The van der Waals surface area contributed by atoms with Crippen molar-refractivity contribution < 1.29 is 9.31 Å². The first-order chi connectivity index (χ1) is 12.0. The van der Waals surface area contributed by atoms with Gasteiger partial charge in [0.2, 0.25) is 0 Å². The lowest BCUT2D eigenvalue weighted by atomic mass is 10.1. The topological polar surface area (TPSA) is 73.0 Å². The standard InChI is InChI=1S/C17H14ClFN4O2/c1-22-9-8-20-17(22)16(11-2-4-12(19)5-3-11)21-15-7-6-13(23(24)25)10-14(15)18/h2-10,16,21H,1H3/t16-/m1/s1. The van der Waals surface area contributed by atoms with E-state index in [1.165, 1.54) is 24.3 Å². The molecule has 0 radical (unpaired) electrons. The van der Waals surface area contributed by atoms with Crippen LogP contribution in [-0.2, 0) is 7.05 Å². The van der Waals surface area contributed by atoms with E-state index in [0.717, 1.165) is 5.56 Å². The van der Waals surface area contributed by atoms with Gasteiger partial charge in [0.05, 0.1) is 15.6 Å². The Bertz CT molecular complexity index is 911. The number of anilines is 1. The van der Waals surface area contributed by atoms with Gasteiger partial charge in [-0.1, -0.05) is 23.7 Å². The molecule has 0 aliphatic carbocycles. The Labute approximate surface area is 148 Å². The lowest BCUT2D eigenvalue weighted by Crippen LogP contribution is -2.17. The molecule has 2 aromatic carbocycles. The minimum atomic E-state index is -0.508. The maximum atomic E-state index is 13.3. The molecule has 0 unspecified atom stereocenters. The lowest BCUT2D eigenvalue weighted by molar-refractivity contribution is -0.384. The Morgan fingerprint density at radius 3 is 2.56 bits per heavy atom. The maximum absolute atomic E-state index is 13.3. The van der Waals surface area contributed by atoms with Gasteiger partial charge in [-0.3, -0.25) is 10.1 Å². The number of rotatable bonds is 5. The number of imidazole rings is 1. The predicted octanol–water partition coefficient (Wildman–Crippen LogP) is 4.32. The van der Waals surface area contributed by atoms with Crippen molar-refractivity contribution in [3.63, 3.8) is 0 Å². The fourth-order valence-corrected chi connectivity index (χ4v) is 2.73. The highest BCUT2D eigenvalue weighted by Gasteiger charge is 2.20. The molecule has 0 saturated heterocycles. The van der Waals surface area contributed by atoms with Crippen LogP contribution in [0.1, 0.15) is 17.4 Å². The summed E-state index contributed by atoms with van der Waals surface area (Å²) in [6, 6.07) is 9.83. The molecule has 1 N–H and O–H groups in total. The molecule has 0 aliphatic rings. The highest BCUT2D eigenvalue weighted by atomic mass is 35.5. The molecule has 25 heavy (non-hydrogen) atoms. The van der Waals surface area contributed by atoms with Crippen LogP contribution in [0.25, 0.3) is 0 Å². The number of halogens is 2. The molecule has 8 heteroatoms. The summed E-state index contributed by atoms with van der Waals surface area (Å²) in [6.07, 6.45) is 3.45. The molecule has 1 aromatic heterocycles. The van der Waals surface area contributed by atoms with Gasteiger partial charge in [0.25, 0.3) is 5.69 Å². The Kier molecular flexibility index (Phi) is 4.67. The fourth-order valence-electron chi connectivity index (χ4n) is 2.50. The normalized spacial score (nSPS) is 12.0. The third-order valence-corrected chi connectivity index (χ3v) is 4.10. The van der Waals surface area contributed by atoms with Crippen LogP contribution in [0, 0.1) is 15.9 Å². The van der Waals surface area contributed by atoms with Crippen molar-refractivity contribution in [2.75, 3.05) is 5.32 Å². The van der Waals surface area contributed by atoms with Gasteiger partial charge < -0.3 is 9.88 Å². The predicted molar refractivity (Wildman–Crippen MR) is 93.2 cm³/mol. The molecule has 0 amide bonds. The number of benzene rings is 2. The first-order valence-corrected chi connectivity index (χ1v) is 7.76. The number of aromatic nitrogens is 2. The van der Waals surface area contributed by atoms with E-state index in [1.807, 2.05) is 11.6 Å². The maximum Gasteiger partial charge on any atom is 0.271 e. The van der Waals surface area contributed by atoms with Crippen LogP contribution >= 0.6 is 11.6 Å². The average molecular weight is 361 g/mol. The van der Waals surface area contributed by atoms with Crippen LogP contribution in [0.5, 0.6) is 0 Å². The molecule has 3 aromatic rings. The van der Waals surface area contributed by atoms with Crippen molar-refractivity contribution in [2.45, 2.75) is 6.04 Å². The van der Waals surface area contributed by atoms with E-state index in [4.69, 9.17) is 11.6 Å². The molecule has 0 spiro atoms. The Morgan fingerprint density at radius 1 is 1.28 bits per heavy atom. The van der Waals surface area contributed by atoms with Crippen molar-refractivity contribution in [3.8, 4) is 0 Å². The van der Waals surface area contributed by atoms with Gasteiger partial charge in [-0.05, 0) is 23.8 Å². The minimum absolute atomic E-state index is 0.0918. The van der Waals surface area contributed by atoms with Gasteiger partial charge in [-0.2, -0.15) is 0 Å². The zero-order valence-corrected chi connectivity index (χ0v) is 13.9. The highest BCUT2D eigenvalue weighted by molar-refractivity contribution is 6.33. The van der Waals surface area contributed by atoms with Crippen molar-refractivity contribution in [1.82, 2.24) is 9.55 Å². The van der Waals surface area contributed by atoms with Gasteiger partial charge in [0.1, 0.15) is 17.7 Å². The van der Waals surface area contributed by atoms with Crippen LogP contribution in [-0.4, -0.2) is 14.5 Å². The third-order valence-electron chi connectivity index (χ3n) is 3.78. The second-order valence-corrected chi connectivity index (χ2v) is 5.85. The summed E-state index contributed by atoms with van der Waals surface area (Å²) in [4.78, 5) is 14.7. The zero-order chi connectivity index (χ0) is 18.0. The summed E-state index contributed by atoms with van der Waals surface area (Å²) < 4.78 is 15.1. The van der Waals surface area contributed by atoms with E-state index in [9.17, 15) is 14.5 Å². The van der Waals surface area contributed by atoms with Crippen LogP contribution in [0.2, 0.25) is 5.02 Å². The third kappa shape index (κ3) is 3.61. The first kappa shape index (κ1) is 16.9. The van der Waals surface area contributed by atoms with E-state index < -0.39 is 11.0 Å². The molecule has 0 saturated carbocycles. The Balaban J connectivity index is 2.00. The molecular weight excluding hydrogens is 347 g/mol. The molecule has 6 nitrogen and oxygen atoms in total. The van der Waals surface area contributed by atoms with Crippen LogP contribution in [0.3, 0.4) is 0 Å². The first-order valence-electron chi connectivity index (χ1n) is 7.39. The van der Waals surface area contributed by atoms with Crippen LogP contribution in [0.4, 0.5) is 15.8 Å². The summed E-state index contributed by atoms with van der Waals surface area (Å²) in [5.41, 5.74) is 1.21. The van der Waals surface area contributed by atoms with Gasteiger partial charge >= 0.3 is 0 Å². The summed E-state index contributed by atoms with van der Waals surface area (Å²) in [6.45, 7) is 0. The Morgan fingerprint density at radius 2 is 2.00 bits per heavy atom. The molecule has 0 bridgehead atoms. The number of nitrogens with zero attached hydrogens (tertiary/aromatic N) is 3. The monoisotopic (exact) mass is 360 g/mol. The van der Waals surface area contributed by atoms with Crippen LogP contribution in [0.15, 0.2) is 54.9 Å². The molecule has 0 fully saturated rings. The molecule has 1 atom stereocenters. The SMILES string of the molecule is Cn1ccnc1[C@H](Nc1ccc([N+](=O)[O-])cc1Cl)c1ccc(F)cc1. The molecular formula is C17H14ClFN4O2. The number of nitro benzene ring substituents is 1. The number of hydrogen-bond donors (Lipinski definition) is 1. The van der Waals surface area contributed by atoms with E-state index in [1.54, 1.807) is 30.6 Å². The molecule has 3 rings (SSSR count). The van der Waals surface area contributed by atoms with Crippen molar-refractivity contribution in [3.05, 3.63) is 87.2 Å². The minimum Gasteiger partial charge on any atom is -0.370 e. The van der Waals surface area contributed by atoms with Crippen molar-refractivity contribution in [1.29, 1.82) is 0 Å². The van der Waals surface area contributed by atoms with E-state index in [0.29, 0.717) is 11.5 Å². The van der Waals surface area contributed by atoms with Gasteiger partial charge in [-0.15, -0.1) is 0 Å². The number of nitrogens with one attached hydrogen (secondary N) is 1. The molecule has 1 heterocycles. The van der Waals surface area contributed by atoms with E-state index in [-0.39, 0.29) is 16.5 Å².